The van der Waals surface area contributed by atoms with Crippen molar-refractivity contribution in [3.8, 4) is 0 Å². The molecule has 17 heavy (non-hydrogen) atoms. The fraction of sp³-hybridized carbons (Fsp3) is 0.533. The Morgan fingerprint density at radius 2 is 1.71 bits per heavy atom. The summed E-state index contributed by atoms with van der Waals surface area (Å²) >= 11 is 1.79. The van der Waals surface area contributed by atoms with Gasteiger partial charge in [-0.2, -0.15) is 0 Å². The molecule has 1 aromatic rings. The van der Waals surface area contributed by atoms with E-state index in [1.165, 1.54) is 16.8 Å². The van der Waals surface area contributed by atoms with Crippen LogP contribution in [0.15, 0.2) is 18.2 Å². The molecule has 1 aliphatic heterocycles. The van der Waals surface area contributed by atoms with Crippen LogP contribution in [0.1, 0.15) is 50.7 Å². The van der Waals surface area contributed by atoms with Crippen LogP contribution in [0, 0.1) is 5.88 Å². The van der Waals surface area contributed by atoms with E-state index in [9.17, 15) is 0 Å². The summed E-state index contributed by atoms with van der Waals surface area (Å²) < 4.78 is 0. The van der Waals surface area contributed by atoms with Crippen molar-refractivity contribution in [3.05, 3.63) is 35.2 Å². The first kappa shape index (κ1) is 12.8. The van der Waals surface area contributed by atoms with Gasteiger partial charge in [0.2, 0.25) is 0 Å². The van der Waals surface area contributed by atoms with Crippen LogP contribution in [0.25, 0.3) is 0 Å². The molecule has 0 unspecified atom stereocenters. The first-order valence-corrected chi connectivity index (χ1v) is 7.37. The zero-order chi connectivity index (χ0) is 12.4. The number of hydrogen-bond donors (Lipinski definition) is 0. The molecule has 1 aromatic carbocycles. The van der Waals surface area contributed by atoms with E-state index < -0.39 is 0 Å². The zero-order valence-corrected chi connectivity index (χ0v) is 12.0. The van der Waals surface area contributed by atoms with E-state index in [1.807, 2.05) is 0 Å². The Morgan fingerprint density at radius 1 is 1.12 bits per heavy atom. The number of anilines is 1. The van der Waals surface area contributed by atoms with E-state index in [-0.39, 0.29) is 0 Å². The molecule has 2 rings (SSSR count). The third-order valence-corrected chi connectivity index (χ3v) is 3.94. The summed E-state index contributed by atoms with van der Waals surface area (Å²) in [6.45, 7) is 10.2. The van der Waals surface area contributed by atoms with Gasteiger partial charge in [-0.1, -0.05) is 45.9 Å². The second kappa shape index (κ2) is 5.34. The number of hydrogen-bond acceptors (Lipinski definition) is 2. The smallest absolute Gasteiger partial charge is 0.159 e. The fourth-order valence-electron chi connectivity index (χ4n) is 2.29. The van der Waals surface area contributed by atoms with Gasteiger partial charge in [-0.15, -0.1) is 11.8 Å². The highest BCUT2D eigenvalue weighted by molar-refractivity contribution is 8.01. The largest absolute Gasteiger partial charge is 0.350 e. The third kappa shape index (κ3) is 2.62. The van der Waals surface area contributed by atoms with Crippen LogP contribution in [0.4, 0.5) is 5.69 Å². The first-order chi connectivity index (χ1) is 8.11. The summed E-state index contributed by atoms with van der Waals surface area (Å²) in [4.78, 5) is 2.31. The van der Waals surface area contributed by atoms with Crippen molar-refractivity contribution in [3.63, 3.8) is 0 Å². The van der Waals surface area contributed by atoms with Crippen molar-refractivity contribution in [1.82, 2.24) is 0 Å². The number of para-hydroxylation sites is 1. The molecular formula is C15H21NS. The lowest BCUT2D eigenvalue weighted by molar-refractivity contribution is 0.819. The van der Waals surface area contributed by atoms with E-state index in [0.29, 0.717) is 11.8 Å². The Morgan fingerprint density at radius 3 is 2.12 bits per heavy atom. The average molecular weight is 247 g/mol. The van der Waals surface area contributed by atoms with Crippen molar-refractivity contribution in [1.29, 1.82) is 0 Å². The molecule has 2 heteroatoms. The Bertz CT molecular complexity index is 352. The van der Waals surface area contributed by atoms with E-state index >= 15 is 0 Å². The Labute approximate surface area is 110 Å². The molecule has 1 nitrogen and oxygen atoms in total. The Balaban J connectivity index is 2.49. The van der Waals surface area contributed by atoms with Gasteiger partial charge in [0, 0.05) is 18.0 Å². The standard InChI is InChI=1S/C15H21NS/c1-11(2)13-6-5-7-14(12(3)4)15(13)16-8-9-17-10-16/h5-7,11-12H,8-9H2,1-4H3. The number of thioether (sulfide) groups is 1. The third-order valence-electron chi connectivity index (χ3n) is 3.20. The summed E-state index contributed by atoms with van der Waals surface area (Å²) in [5.74, 6) is 5.70. The van der Waals surface area contributed by atoms with Gasteiger partial charge in [0.05, 0.1) is 0 Å². The number of nitrogens with zero attached hydrogens (tertiary/aromatic N) is 1. The zero-order valence-electron chi connectivity index (χ0n) is 11.2. The normalized spacial score (nSPS) is 16.2. The lowest BCUT2D eigenvalue weighted by Crippen LogP contribution is -2.19. The van der Waals surface area contributed by atoms with E-state index in [0.717, 1.165) is 12.3 Å². The quantitative estimate of drug-likeness (QED) is 0.774. The molecule has 0 saturated carbocycles. The molecule has 1 saturated heterocycles. The van der Waals surface area contributed by atoms with Crippen LogP contribution < -0.4 is 4.90 Å². The molecule has 0 N–H and O–H groups in total. The monoisotopic (exact) mass is 247 g/mol. The van der Waals surface area contributed by atoms with Gasteiger partial charge >= 0.3 is 0 Å². The minimum absolute atomic E-state index is 0.566. The predicted octanol–water partition coefficient (Wildman–Crippen LogP) is 4.48. The van der Waals surface area contributed by atoms with Crippen LogP contribution in [0.5, 0.6) is 0 Å². The van der Waals surface area contributed by atoms with Crippen LogP contribution in [0.2, 0.25) is 0 Å². The lowest BCUT2D eigenvalue weighted by atomic mass is 9.92. The minimum Gasteiger partial charge on any atom is -0.350 e. The molecule has 0 aliphatic carbocycles. The molecule has 0 atom stereocenters. The topological polar surface area (TPSA) is 3.24 Å². The van der Waals surface area contributed by atoms with Crippen molar-refractivity contribution in [2.75, 3.05) is 17.2 Å². The van der Waals surface area contributed by atoms with Gasteiger partial charge in [0.25, 0.3) is 0 Å². The van der Waals surface area contributed by atoms with Gasteiger partial charge in [-0.3, -0.25) is 0 Å². The van der Waals surface area contributed by atoms with Crippen LogP contribution in [-0.2, 0) is 0 Å². The summed E-state index contributed by atoms with van der Waals surface area (Å²) in [5, 5.41) is 0. The summed E-state index contributed by atoms with van der Waals surface area (Å²) in [6.07, 6.45) is 0. The van der Waals surface area contributed by atoms with E-state index in [1.54, 1.807) is 11.8 Å². The number of rotatable bonds is 3. The van der Waals surface area contributed by atoms with Crippen molar-refractivity contribution >= 4 is 17.4 Å². The maximum absolute atomic E-state index is 3.41. The maximum Gasteiger partial charge on any atom is 0.159 e. The van der Waals surface area contributed by atoms with Crippen molar-refractivity contribution in [2.45, 2.75) is 39.5 Å². The fourth-order valence-corrected chi connectivity index (χ4v) is 2.99. The maximum atomic E-state index is 3.41. The molecule has 0 amide bonds. The molecular weight excluding hydrogens is 226 g/mol. The second-order valence-electron chi connectivity index (χ2n) is 5.19. The molecule has 1 fully saturated rings. The first-order valence-electron chi connectivity index (χ1n) is 6.39. The van der Waals surface area contributed by atoms with E-state index in [2.05, 4.69) is 56.7 Å². The van der Waals surface area contributed by atoms with Gasteiger partial charge in [-0.05, 0) is 23.0 Å². The Hall–Kier alpha value is -0.630. The molecule has 0 spiro atoms. The van der Waals surface area contributed by atoms with Crippen LogP contribution in [0.3, 0.4) is 0 Å². The highest BCUT2D eigenvalue weighted by Gasteiger charge is 2.22. The number of benzene rings is 1. The van der Waals surface area contributed by atoms with Crippen LogP contribution >= 0.6 is 11.8 Å². The SMILES string of the molecule is CC(C)c1cccc(C(C)C)c1N1[C]SCC1. The minimum atomic E-state index is 0.566. The lowest BCUT2D eigenvalue weighted by Gasteiger charge is -2.26. The molecule has 1 heterocycles. The summed E-state index contributed by atoms with van der Waals surface area (Å²) in [6, 6.07) is 6.71. The Kier molecular flexibility index (Phi) is 4.03. The van der Waals surface area contributed by atoms with Crippen LogP contribution in [-0.4, -0.2) is 12.3 Å². The predicted molar refractivity (Wildman–Crippen MR) is 77.7 cm³/mol. The highest BCUT2D eigenvalue weighted by Crippen LogP contribution is 2.38. The van der Waals surface area contributed by atoms with Crippen molar-refractivity contribution in [2.24, 2.45) is 0 Å². The summed E-state index contributed by atoms with van der Waals surface area (Å²) in [7, 11) is 0. The van der Waals surface area contributed by atoms with E-state index in [4.69, 9.17) is 0 Å². The molecule has 0 aromatic heterocycles. The average Bonchev–Trinajstić information content (AvgIpc) is 2.80. The molecule has 1 aliphatic rings. The molecule has 92 valence electrons. The van der Waals surface area contributed by atoms with Gasteiger partial charge in [0.15, 0.2) is 5.88 Å². The van der Waals surface area contributed by atoms with Gasteiger partial charge in [0.1, 0.15) is 0 Å². The summed E-state index contributed by atoms with van der Waals surface area (Å²) in [5.41, 5.74) is 4.31. The second-order valence-corrected chi connectivity index (χ2v) is 6.07. The highest BCUT2D eigenvalue weighted by atomic mass is 32.2. The molecule has 2 radical (unpaired) electrons. The van der Waals surface area contributed by atoms with Gasteiger partial charge < -0.3 is 4.90 Å². The van der Waals surface area contributed by atoms with Gasteiger partial charge in [-0.25, -0.2) is 0 Å². The van der Waals surface area contributed by atoms with Crippen molar-refractivity contribution < 1.29 is 0 Å². The molecule has 0 bridgehead atoms.